The van der Waals surface area contributed by atoms with Gasteiger partial charge in [-0.25, -0.2) is 9.00 Å². The molecule has 1 amide bonds. The summed E-state index contributed by atoms with van der Waals surface area (Å²) in [4.78, 5) is 11.6. The topological polar surface area (TPSA) is 81.8 Å². The first-order chi connectivity index (χ1) is 9.51. The second-order valence-corrected chi connectivity index (χ2v) is 7.76. The molecule has 2 rings (SSSR count). The largest absolute Gasteiger partial charge is 0.443 e. The van der Waals surface area contributed by atoms with Gasteiger partial charge in [-0.15, -0.1) is 4.36 Å². The fraction of sp³-hybridized carbons (Fsp3) is 0.500. The van der Waals surface area contributed by atoms with Gasteiger partial charge in [0, 0.05) is 11.5 Å². The summed E-state index contributed by atoms with van der Waals surface area (Å²) in [5, 5.41) is -0.0414. The van der Waals surface area contributed by atoms with Crippen molar-refractivity contribution >= 4 is 15.8 Å². The third kappa shape index (κ3) is 3.80. The van der Waals surface area contributed by atoms with E-state index in [1.807, 2.05) is 30.3 Å². The average Bonchev–Trinajstić information content (AvgIpc) is 2.35. The van der Waals surface area contributed by atoms with Gasteiger partial charge in [0.25, 0.3) is 0 Å². The molecule has 5 nitrogen and oxygen atoms in total. The Morgan fingerprint density at radius 2 is 2.05 bits per heavy atom. The van der Waals surface area contributed by atoms with Crippen molar-refractivity contribution in [2.45, 2.75) is 24.7 Å². The number of benzene rings is 1. The molecule has 2 N–H and O–H groups in total. The van der Waals surface area contributed by atoms with E-state index in [9.17, 15) is 9.00 Å². The molecule has 0 saturated heterocycles. The second kappa shape index (κ2) is 6.37. The molecule has 1 saturated carbocycles. The molecular weight excluding hydrogens is 276 g/mol. The zero-order valence-corrected chi connectivity index (χ0v) is 12.3. The van der Waals surface area contributed by atoms with Gasteiger partial charge in [0.2, 0.25) is 0 Å². The molecule has 0 bridgehead atoms. The minimum Gasteiger partial charge on any atom is -0.443 e. The van der Waals surface area contributed by atoms with E-state index in [4.69, 9.17) is 10.5 Å². The summed E-state index contributed by atoms with van der Waals surface area (Å²) in [5.41, 5.74) is 6.42. The third-order valence-electron chi connectivity index (χ3n) is 3.61. The Kier molecular flexibility index (Phi) is 4.77. The van der Waals surface area contributed by atoms with Crippen LogP contribution in [-0.2, 0) is 21.1 Å². The Bertz CT molecular complexity index is 573. The third-order valence-corrected chi connectivity index (χ3v) is 5.74. The number of carbonyl (C=O) groups excluding carboxylic acids is 1. The Balaban J connectivity index is 1.89. The zero-order valence-electron chi connectivity index (χ0n) is 11.5. The normalized spacial score (nSPS) is 24.3. The van der Waals surface area contributed by atoms with Crippen LogP contribution >= 0.6 is 0 Å². The van der Waals surface area contributed by atoms with Crippen LogP contribution in [-0.4, -0.2) is 28.4 Å². The van der Waals surface area contributed by atoms with Crippen molar-refractivity contribution in [1.82, 2.24) is 0 Å². The van der Waals surface area contributed by atoms with Gasteiger partial charge in [0.15, 0.2) is 0 Å². The average molecular weight is 296 g/mol. The van der Waals surface area contributed by atoms with E-state index in [0.29, 0.717) is 12.5 Å². The summed E-state index contributed by atoms with van der Waals surface area (Å²) in [6, 6.07) is 9.33. The van der Waals surface area contributed by atoms with Crippen LogP contribution in [0.1, 0.15) is 18.4 Å². The SMILES string of the molecule is CS(=O)(=NC(=O)OCc1ccccc1)C1CC(CN)C1. The Labute approximate surface area is 119 Å². The highest BCUT2D eigenvalue weighted by Gasteiger charge is 2.34. The smallest absolute Gasteiger partial charge is 0.442 e. The number of rotatable bonds is 4. The molecule has 0 aliphatic heterocycles. The first-order valence-corrected chi connectivity index (χ1v) is 8.61. The van der Waals surface area contributed by atoms with E-state index in [2.05, 4.69) is 4.36 Å². The highest BCUT2D eigenvalue weighted by molar-refractivity contribution is 7.93. The van der Waals surface area contributed by atoms with Crippen LogP contribution in [0.2, 0.25) is 0 Å². The predicted octanol–water partition coefficient (Wildman–Crippen LogP) is 2.16. The minimum absolute atomic E-state index is 0.0414. The highest BCUT2D eigenvalue weighted by Crippen LogP contribution is 2.32. The van der Waals surface area contributed by atoms with Crippen LogP contribution in [0.3, 0.4) is 0 Å². The maximum absolute atomic E-state index is 12.3. The number of ether oxygens (including phenoxy) is 1. The maximum Gasteiger partial charge on any atom is 0.442 e. The maximum atomic E-state index is 12.3. The number of amides is 1. The molecule has 0 heterocycles. The van der Waals surface area contributed by atoms with Crippen LogP contribution in [0.5, 0.6) is 0 Å². The van der Waals surface area contributed by atoms with Crippen molar-refractivity contribution < 1.29 is 13.7 Å². The van der Waals surface area contributed by atoms with Crippen molar-refractivity contribution in [1.29, 1.82) is 0 Å². The second-order valence-electron chi connectivity index (χ2n) is 5.19. The lowest BCUT2D eigenvalue weighted by Crippen LogP contribution is -2.39. The molecule has 1 unspecified atom stereocenters. The van der Waals surface area contributed by atoms with Gasteiger partial charge < -0.3 is 10.5 Å². The molecule has 20 heavy (non-hydrogen) atoms. The van der Waals surface area contributed by atoms with E-state index >= 15 is 0 Å². The van der Waals surface area contributed by atoms with Gasteiger partial charge in [-0.1, -0.05) is 30.3 Å². The molecule has 0 radical (unpaired) electrons. The molecule has 1 aromatic carbocycles. The molecule has 1 aromatic rings. The van der Waals surface area contributed by atoms with E-state index < -0.39 is 15.8 Å². The standard InChI is InChI=1S/C14H20N2O3S/c1-20(18,13-7-12(8-13)9-15)16-14(17)19-10-11-5-3-2-4-6-11/h2-6,12-13H,7-10,15H2,1H3. The number of hydrogen-bond donors (Lipinski definition) is 1. The molecule has 0 spiro atoms. The molecule has 110 valence electrons. The summed E-state index contributed by atoms with van der Waals surface area (Å²) in [6.45, 7) is 0.749. The summed E-state index contributed by atoms with van der Waals surface area (Å²) in [5.74, 6) is 0.413. The van der Waals surface area contributed by atoms with Crippen LogP contribution in [0.15, 0.2) is 34.7 Å². The molecule has 0 aromatic heterocycles. The first-order valence-electron chi connectivity index (χ1n) is 6.63. The zero-order chi connectivity index (χ0) is 14.6. The van der Waals surface area contributed by atoms with Gasteiger partial charge in [-0.3, -0.25) is 0 Å². The summed E-state index contributed by atoms with van der Waals surface area (Å²) in [7, 11) is -2.53. The molecular formula is C14H20N2O3S. The monoisotopic (exact) mass is 296 g/mol. The Hall–Kier alpha value is -1.40. The molecule has 6 heteroatoms. The quantitative estimate of drug-likeness (QED) is 0.923. The summed E-state index contributed by atoms with van der Waals surface area (Å²) in [6.07, 6.45) is 2.33. The van der Waals surface area contributed by atoms with Gasteiger partial charge in [-0.2, -0.15) is 0 Å². The van der Waals surface area contributed by atoms with Crippen LogP contribution in [0.25, 0.3) is 0 Å². The van der Waals surface area contributed by atoms with Gasteiger partial charge in [-0.05, 0) is 30.9 Å². The Morgan fingerprint density at radius 1 is 1.40 bits per heavy atom. The van der Waals surface area contributed by atoms with E-state index in [-0.39, 0.29) is 11.9 Å². The Morgan fingerprint density at radius 3 is 2.65 bits per heavy atom. The van der Waals surface area contributed by atoms with Crippen molar-refractivity contribution in [2.75, 3.05) is 12.8 Å². The van der Waals surface area contributed by atoms with E-state index in [1.165, 1.54) is 6.26 Å². The summed E-state index contributed by atoms with van der Waals surface area (Å²) < 4.78 is 21.1. The van der Waals surface area contributed by atoms with Gasteiger partial charge in [0.05, 0.1) is 9.73 Å². The lowest BCUT2D eigenvalue weighted by Gasteiger charge is -2.34. The van der Waals surface area contributed by atoms with Gasteiger partial charge >= 0.3 is 6.09 Å². The first kappa shape index (κ1) is 15.0. The van der Waals surface area contributed by atoms with Crippen molar-refractivity contribution in [2.24, 2.45) is 16.0 Å². The lowest BCUT2D eigenvalue weighted by atomic mass is 9.85. The molecule has 1 aliphatic carbocycles. The van der Waals surface area contributed by atoms with E-state index in [0.717, 1.165) is 18.4 Å². The fourth-order valence-corrected chi connectivity index (χ4v) is 3.95. The van der Waals surface area contributed by atoms with Crippen LogP contribution < -0.4 is 5.73 Å². The van der Waals surface area contributed by atoms with Crippen molar-refractivity contribution in [3.63, 3.8) is 0 Å². The number of nitrogens with two attached hydrogens (primary N) is 1. The van der Waals surface area contributed by atoms with Crippen LogP contribution in [0, 0.1) is 5.92 Å². The van der Waals surface area contributed by atoms with Crippen molar-refractivity contribution in [3.05, 3.63) is 35.9 Å². The number of hydrogen-bond acceptors (Lipinski definition) is 4. The molecule has 1 atom stereocenters. The minimum atomic E-state index is -2.53. The fourth-order valence-electron chi connectivity index (χ4n) is 2.19. The lowest BCUT2D eigenvalue weighted by molar-refractivity contribution is 0.151. The highest BCUT2D eigenvalue weighted by atomic mass is 32.2. The number of nitrogens with zero attached hydrogens (tertiary/aromatic N) is 1. The molecule has 1 fully saturated rings. The summed E-state index contributed by atoms with van der Waals surface area (Å²) >= 11 is 0. The van der Waals surface area contributed by atoms with Crippen molar-refractivity contribution in [3.8, 4) is 0 Å². The molecule has 1 aliphatic rings. The van der Waals surface area contributed by atoms with Crippen LogP contribution in [0.4, 0.5) is 4.79 Å². The van der Waals surface area contributed by atoms with Gasteiger partial charge in [0.1, 0.15) is 6.61 Å². The van der Waals surface area contributed by atoms with E-state index in [1.54, 1.807) is 0 Å². The number of carbonyl (C=O) groups is 1. The predicted molar refractivity (Wildman–Crippen MR) is 78.7 cm³/mol.